The normalized spacial score (nSPS) is 10.2. The third-order valence-corrected chi connectivity index (χ3v) is 3.86. The molecular formula is C16H18N2O3S. The smallest absolute Gasteiger partial charge is 0.307 e. The standard InChI is InChI=1S/C16H18N2O3S/c1-2-21-15(19)7-9-18(12-13-5-3-8-17-11-13)16(20)14-6-4-10-22-14/h3-6,8,10-11H,2,7,9,12H2,1H3. The first kappa shape index (κ1) is 16.2. The first-order valence-corrected chi connectivity index (χ1v) is 7.96. The zero-order valence-corrected chi connectivity index (χ0v) is 13.2. The largest absolute Gasteiger partial charge is 0.466 e. The summed E-state index contributed by atoms with van der Waals surface area (Å²) in [5.41, 5.74) is 0.927. The Bertz CT molecular complexity index is 599. The number of pyridine rings is 1. The molecule has 22 heavy (non-hydrogen) atoms. The van der Waals surface area contributed by atoms with E-state index >= 15 is 0 Å². The summed E-state index contributed by atoms with van der Waals surface area (Å²) >= 11 is 1.39. The average molecular weight is 318 g/mol. The van der Waals surface area contributed by atoms with Crippen molar-refractivity contribution in [3.05, 3.63) is 52.5 Å². The second-order valence-corrected chi connectivity index (χ2v) is 5.57. The number of hydrogen-bond donors (Lipinski definition) is 0. The molecule has 6 heteroatoms. The van der Waals surface area contributed by atoms with Crippen LogP contribution in [0, 0.1) is 0 Å². The Hall–Kier alpha value is -2.21. The number of hydrogen-bond acceptors (Lipinski definition) is 5. The Morgan fingerprint density at radius 1 is 1.32 bits per heavy atom. The zero-order valence-electron chi connectivity index (χ0n) is 12.4. The molecule has 1 amide bonds. The average Bonchev–Trinajstić information content (AvgIpc) is 3.06. The second kappa shape index (κ2) is 8.29. The molecular weight excluding hydrogens is 300 g/mol. The summed E-state index contributed by atoms with van der Waals surface area (Å²) in [4.78, 5) is 30.5. The summed E-state index contributed by atoms with van der Waals surface area (Å²) in [6.07, 6.45) is 3.60. The highest BCUT2D eigenvalue weighted by Gasteiger charge is 2.18. The van der Waals surface area contributed by atoms with Gasteiger partial charge in [0.2, 0.25) is 0 Å². The van der Waals surface area contributed by atoms with Crippen molar-refractivity contribution in [2.75, 3.05) is 13.2 Å². The van der Waals surface area contributed by atoms with Crippen molar-refractivity contribution in [1.29, 1.82) is 0 Å². The van der Waals surface area contributed by atoms with Gasteiger partial charge in [0.1, 0.15) is 0 Å². The van der Waals surface area contributed by atoms with Gasteiger partial charge < -0.3 is 9.64 Å². The van der Waals surface area contributed by atoms with E-state index in [4.69, 9.17) is 4.74 Å². The molecule has 2 aromatic heterocycles. The van der Waals surface area contributed by atoms with Crippen LogP contribution in [0.15, 0.2) is 42.0 Å². The molecule has 0 N–H and O–H groups in total. The predicted molar refractivity (Wildman–Crippen MR) is 84.5 cm³/mol. The minimum absolute atomic E-state index is 0.0804. The van der Waals surface area contributed by atoms with Gasteiger partial charge in [0.15, 0.2) is 0 Å². The number of carbonyl (C=O) groups excluding carboxylic acids is 2. The number of rotatable bonds is 7. The van der Waals surface area contributed by atoms with Gasteiger partial charge in [-0.1, -0.05) is 12.1 Å². The summed E-state index contributed by atoms with van der Waals surface area (Å²) in [5, 5.41) is 1.86. The lowest BCUT2D eigenvalue weighted by Crippen LogP contribution is -2.32. The van der Waals surface area contributed by atoms with Gasteiger partial charge in [-0.25, -0.2) is 0 Å². The van der Waals surface area contributed by atoms with E-state index < -0.39 is 0 Å². The van der Waals surface area contributed by atoms with Crippen LogP contribution in [-0.4, -0.2) is 34.9 Å². The predicted octanol–water partition coefficient (Wildman–Crippen LogP) is 2.74. The van der Waals surface area contributed by atoms with Gasteiger partial charge in [0.25, 0.3) is 5.91 Å². The minimum atomic E-state index is -0.294. The first-order valence-electron chi connectivity index (χ1n) is 7.08. The summed E-state index contributed by atoms with van der Waals surface area (Å²) < 4.78 is 4.93. The van der Waals surface area contributed by atoms with Crippen LogP contribution in [0.1, 0.15) is 28.6 Å². The zero-order chi connectivity index (χ0) is 15.8. The maximum Gasteiger partial charge on any atom is 0.307 e. The van der Waals surface area contributed by atoms with Crippen molar-refractivity contribution in [2.45, 2.75) is 19.9 Å². The molecule has 0 saturated carbocycles. The van der Waals surface area contributed by atoms with E-state index in [0.717, 1.165) is 5.56 Å². The molecule has 0 aromatic carbocycles. The first-order chi connectivity index (χ1) is 10.7. The van der Waals surface area contributed by atoms with Crippen LogP contribution in [0.4, 0.5) is 0 Å². The third kappa shape index (κ3) is 4.66. The van der Waals surface area contributed by atoms with E-state index in [-0.39, 0.29) is 18.3 Å². The lowest BCUT2D eigenvalue weighted by Gasteiger charge is -2.21. The van der Waals surface area contributed by atoms with Gasteiger partial charge in [-0.3, -0.25) is 14.6 Å². The number of amides is 1. The fourth-order valence-electron chi connectivity index (χ4n) is 1.98. The highest BCUT2D eigenvalue weighted by molar-refractivity contribution is 7.12. The van der Waals surface area contributed by atoms with Crippen molar-refractivity contribution in [2.24, 2.45) is 0 Å². The maximum atomic E-state index is 12.5. The number of esters is 1. The van der Waals surface area contributed by atoms with Crippen molar-refractivity contribution in [3.63, 3.8) is 0 Å². The summed E-state index contributed by atoms with van der Waals surface area (Å²) in [6, 6.07) is 7.36. The Morgan fingerprint density at radius 3 is 2.82 bits per heavy atom. The molecule has 0 aliphatic carbocycles. The molecule has 0 bridgehead atoms. The van der Waals surface area contributed by atoms with E-state index in [1.54, 1.807) is 30.3 Å². The maximum absolute atomic E-state index is 12.5. The van der Waals surface area contributed by atoms with E-state index in [0.29, 0.717) is 24.6 Å². The van der Waals surface area contributed by atoms with Gasteiger partial charge >= 0.3 is 5.97 Å². The minimum Gasteiger partial charge on any atom is -0.466 e. The second-order valence-electron chi connectivity index (χ2n) is 4.62. The van der Waals surface area contributed by atoms with Crippen LogP contribution >= 0.6 is 11.3 Å². The van der Waals surface area contributed by atoms with Crippen molar-refractivity contribution < 1.29 is 14.3 Å². The molecule has 5 nitrogen and oxygen atoms in total. The Labute approximate surface area is 133 Å². The lowest BCUT2D eigenvalue weighted by atomic mass is 10.2. The van der Waals surface area contributed by atoms with Crippen LogP contribution in [0.2, 0.25) is 0 Å². The number of carbonyl (C=O) groups is 2. The monoisotopic (exact) mass is 318 g/mol. The molecule has 0 aliphatic rings. The quantitative estimate of drug-likeness (QED) is 0.737. The molecule has 2 rings (SSSR count). The van der Waals surface area contributed by atoms with Crippen LogP contribution in [0.25, 0.3) is 0 Å². The van der Waals surface area contributed by atoms with Gasteiger partial charge in [-0.15, -0.1) is 11.3 Å². The van der Waals surface area contributed by atoms with Crippen molar-refractivity contribution >= 4 is 23.2 Å². The molecule has 0 saturated heterocycles. The summed E-state index contributed by atoms with van der Waals surface area (Å²) in [6.45, 7) is 2.86. The van der Waals surface area contributed by atoms with Gasteiger partial charge in [-0.05, 0) is 30.0 Å². The van der Waals surface area contributed by atoms with Gasteiger partial charge in [0.05, 0.1) is 17.9 Å². The Kier molecular flexibility index (Phi) is 6.09. The highest BCUT2D eigenvalue weighted by Crippen LogP contribution is 2.15. The van der Waals surface area contributed by atoms with Crippen LogP contribution in [-0.2, 0) is 16.1 Å². The van der Waals surface area contributed by atoms with Crippen LogP contribution < -0.4 is 0 Å². The van der Waals surface area contributed by atoms with Gasteiger partial charge in [0, 0.05) is 25.5 Å². The number of ether oxygens (including phenoxy) is 1. The molecule has 0 aliphatic heterocycles. The van der Waals surface area contributed by atoms with Crippen molar-refractivity contribution in [1.82, 2.24) is 9.88 Å². The molecule has 2 aromatic rings. The number of nitrogens with zero attached hydrogens (tertiary/aromatic N) is 2. The van der Waals surface area contributed by atoms with Crippen LogP contribution in [0.3, 0.4) is 0 Å². The molecule has 0 atom stereocenters. The van der Waals surface area contributed by atoms with Crippen LogP contribution in [0.5, 0.6) is 0 Å². The molecule has 0 unspecified atom stereocenters. The molecule has 116 valence electrons. The van der Waals surface area contributed by atoms with E-state index in [1.807, 2.05) is 23.6 Å². The summed E-state index contributed by atoms with van der Waals surface area (Å²) in [5.74, 6) is -0.374. The van der Waals surface area contributed by atoms with Gasteiger partial charge in [-0.2, -0.15) is 0 Å². The van der Waals surface area contributed by atoms with E-state index in [2.05, 4.69) is 4.98 Å². The highest BCUT2D eigenvalue weighted by atomic mass is 32.1. The molecule has 2 heterocycles. The SMILES string of the molecule is CCOC(=O)CCN(Cc1cccnc1)C(=O)c1cccs1. The fraction of sp³-hybridized carbons (Fsp3) is 0.312. The number of thiophene rings is 1. The van der Waals surface area contributed by atoms with E-state index in [1.165, 1.54) is 11.3 Å². The Morgan fingerprint density at radius 2 is 2.18 bits per heavy atom. The lowest BCUT2D eigenvalue weighted by molar-refractivity contribution is -0.143. The topological polar surface area (TPSA) is 59.5 Å². The summed E-state index contributed by atoms with van der Waals surface area (Å²) in [7, 11) is 0. The van der Waals surface area contributed by atoms with Crippen molar-refractivity contribution in [3.8, 4) is 0 Å². The molecule has 0 fully saturated rings. The van der Waals surface area contributed by atoms with E-state index in [9.17, 15) is 9.59 Å². The number of aromatic nitrogens is 1. The molecule has 0 spiro atoms. The molecule has 0 radical (unpaired) electrons. The fourth-order valence-corrected chi connectivity index (χ4v) is 2.67. The third-order valence-electron chi connectivity index (χ3n) is 3.01. The Balaban J connectivity index is 2.06.